The van der Waals surface area contributed by atoms with Crippen LogP contribution in [-0.2, 0) is 15.4 Å². The minimum Gasteiger partial charge on any atom is -0.363 e. The molecule has 0 aliphatic carbocycles. The summed E-state index contributed by atoms with van der Waals surface area (Å²) in [5.41, 5.74) is 0. The molecule has 2 rings (SSSR count). The molecular formula is C8H10Cl2N4O2S. The summed E-state index contributed by atoms with van der Waals surface area (Å²) < 4.78 is 15.8. The highest BCUT2D eigenvalue weighted by Gasteiger charge is 2.29. The Morgan fingerprint density at radius 3 is 2.94 bits per heavy atom. The van der Waals surface area contributed by atoms with Crippen LogP contribution in [-0.4, -0.2) is 44.6 Å². The molecule has 1 atom stereocenters. The second kappa shape index (κ2) is 5.45. The predicted octanol–water partition coefficient (Wildman–Crippen LogP) is 1.10. The summed E-state index contributed by atoms with van der Waals surface area (Å²) in [6.07, 6.45) is 2.91. The number of aromatic nitrogens is 2. The van der Waals surface area contributed by atoms with Crippen molar-refractivity contribution in [1.29, 1.82) is 0 Å². The van der Waals surface area contributed by atoms with Gasteiger partial charge in [0, 0.05) is 19.3 Å². The SMILES string of the molecule is CS(=O)ON1CC(Nc2nc(Cl)ncc2Cl)C1. The van der Waals surface area contributed by atoms with Crippen LogP contribution in [0.3, 0.4) is 0 Å². The van der Waals surface area contributed by atoms with Crippen LogP contribution in [0.4, 0.5) is 5.82 Å². The molecule has 1 aromatic heterocycles. The number of hydrogen-bond acceptors (Lipinski definition) is 6. The lowest BCUT2D eigenvalue weighted by Crippen LogP contribution is -2.54. The minimum atomic E-state index is -1.29. The molecule has 1 aliphatic rings. The lowest BCUT2D eigenvalue weighted by Gasteiger charge is -2.37. The lowest BCUT2D eigenvalue weighted by atomic mass is 10.2. The van der Waals surface area contributed by atoms with Gasteiger partial charge in [0.05, 0.1) is 12.2 Å². The number of hydrogen-bond donors (Lipinski definition) is 1. The highest BCUT2D eigenvalue weighted by Crippen LogP contribution is 2.22. The molecule has 17 heavy (non-hydrogen) atoms. The monoisotopic (exact) mass is 296 g/mol. The van der Waals surface area contributed by atoms with Crippen molar-refractivity contribution in [1.82, 2.24) is 15.0 Å². The fourth-order valence-corrected chi connectivity index (χ4v) is 2.08. The van der Waals surface area contributed by atoms with E-state index in [0.717, 1.165) is 0 Å². The van der Waals surface area contributed by atoms with Gasteiger partial charge in [-0.2, -0.15) is 14.3 Å². The van der Waals surface area contributed by atoms with E-state index in [1.165, 1.54) is 12.5 Å². The van der Waals surface area contributed by atoms with Gasteiger partial charge in [-0.05, 0) is 11.6 Å². The molecule has 0 aromatic carbocycles. The maximum Gasteiger partial charge on any atom is 0.224 e. The highest BCUT2D eigenvalue weighted by molar-refractivity contribution is 7.79. The first-order chi connectivity index (χ1) is 8.04. The zero-order valence-electron chi connectivity index (χ0n) is 8.89. The fourth-order valence-electron chi connectivity index (χ4n) is 1.38. The van der Waals surface area contributed by atoms with E-state index in [9.17, 15) is 4.21 Å². The van der Waals surface area contributed by atoms with Crippen LogP contribution in [0.5, 0.6) is 0 Å². The zero-order chi connectivity index (χ0) is 12.4. The number of nitrogens with zero attached hydrogens (tertiary/aromatic N) is 3. The summed E-state index contributed by atoms with van der Waals surface area (Å²) in [7, 11) is 0. The molecule has 1 saturated heterocycles. The van der Waals surface area contributed by atoms with Gasteiger partial charge < -0.3 is 5.32 Å². The third-order valence-electron chi connectivity index (χ3n) is 2.11. The molecule has 1 aliphatic heterocycles. The average Bonchev–Trinajstić information content (AvgIpc) is 2.19. The first kappa shape index (κ1) is 13.0. The zero-order valence-corrected chi connectivity index (χ0v) is 11.2. The van der Waals surface area contributed by atoms with Crippen molar-refractivity contribution in [2.75, 3.05) is 24.7 Å². The second-order valence-corrected chi connectivity index (χ2v) is 5.20. The summed E-state index contributed by atoms with van der Waals surface area (Å²) in [6, 6.07) is 0.141. The van der Waals surface area contributed by atoms with E-state index in [4.69, 9.17) is 27.5 Å². The van der Waals surface area contributed by atoms with Crippen LogP contribution in [0, 0.1) is 0 Å². The summed E-state index contributed by atoms with van der Waals surface area (Å²) >= 11 is 10.3. The Labute approximate surface area is 111 Å². The van der Waals surface area contributed by atoms with Crippen molar-refractivity contribution < 1.29 is 8.49 Å². The number of rotatable bonds is 4. The molecule has 0 radical (unpaired) electrons. The van der Waals surface area contributed by atoms with Crippen LogP contribution in [0.2, 0.25) is 10.3 Å². The van der Waals surface area contributed by atoms with Gasteiger partial charge in [0.25, 0.3) is 0 Å². The summed E-state index contributed by atoms with van der Waals surface area (Å²) in [6.45, 7) is 1.22. The number of anilines is 1. The van der Waals surface area contributed by atoms with Gasteiger partial charge in [-0.15, -0.1) is 0 Å². The maximum absolute atomic E-state index is 10.8. The Morgan fingerprint density at radius 2 is 2.29 bits per heavy atom. The van der Waals surface area contributed by atoms with Gasteiger partial charge in [-0.3, -0.25) is 0 Å². The van der Waals surface area contributed by atoms with Crippen molar-refractivity contribution in [2.45, 2.75) is 6.04 Å². The molecule has 9 heteroatoms. The van der Waals surface area contributed by atoms with Crippen molar-refractivity contribution in [3.8, 4) is 0 Å². The minimum absolute atomic E-state index is 0.138. The number of nitrogens with one attached hydrogen (secondary N) is 1. The van der Waals surface area contributed by atoms with Gasteiger partial charge >= 0.3 is 0 Å². The molecular weight excluding hydrogens is 287 g/mol. The molecule has 2 heterocycles. The third-order valence-corrected chi connectivity index (χ3v) is 2.99. The topological polar surface area (TPSA) is 67.3 Å². The molecule has 1 unspecified atom stereocenters. The molecule has 94 valence electrons. The number of halogens is 2. The summed E-state index contributed by atoms with van der Waals surface area (Å²) in [5, 5.41) is 5.25. The Hall–Kier alpha value is -0.470. The van der Waals surface area contributed by atoms with Crippen molar-refractivity contribution in [3.63, 3.8) is 0 Å². The van der Waals surface area contributed by atoms with Gasteiger partial charge in [0.1, 0.15) is 10.8 Å². The van der Waals surface area contributed by atoms with Gasteiger partial charge in [0.15, 0.2) is 11.1 Å². The van der Waals surface area contributed by atoms with E-state index in [-0.39, 0.29) is 11.3 Å². The van der Waals surface area contributed by atoms with Crippen molar-refractivity contribution >= 4 is 40.1 Å². The highest BCUT2D eigenvalue weighted by atomic mass is 35.5. The van der Waals surface area contributed by atoms with Crippen LogP contribution in [0.25, 0.3) is 0 Å². The molecule has 0 spiro atoms. The van der Waals surface area contributed by atoms with Crippen LogP contribution in [0.1, 0.15) is 0 Å². The average molecular weight is 297 g/mol. The van der Waals surface area contributed by atoms with Crippen LogP contribution < -0.4 is 5.32 Å². The fraction of sp³-hybridized carbons (Fsp3) is 0.500. The first-order valence-corrected chi connectivity index (χ1v) is 7.00. The predicted molar refractivity (Wildman–Crippen MR) is 66.2 cm³/mol. The molecule has 6 nitrogen and oxygen atoms in total. The van der Waals surface area contributed by atoms with Crippen molar-refractivity contribution in [2.24, 2.45) is 0 Å². The van der Waals surface area contributed by atoms with Crippen LogP contribution >= 0.6 is 23.2 Å². The Bertz CT molecular complexity index is 442. The third kappa shape index (κ3) is 3.49. The molecule has 1 N–H and O–H groups in total. The lowest BCUT2D eigenvalue weighted by molar-refractivity contribution is -0.102. The molecule has 1 aromatic rings. The van der Waals surface area contributed by atoms with E-state index in [1.54, 1.807) is 5.06 Å². The van der Waals surface area contributed by atoms with E-state index in [2.05, 4.69) is 15.3 Å². The first-order valence-electron chi connectivity index (χ1n) is 4.76. The van der Waals surface area contributed by atoms with E-state index < -0.39 is 11.1 Å². The standard InChI is InChI=1S/C8H10Cl2N4O2S/c1-17(15)16-14-3-5(4-14)12-7-6(9)2-11-8(10)13-7/h2,5H,3-4H2,1H3,(H,11,12,13). The number of hydroxylamine groups is 2. The molecule has 0 bridgehead atoms. The normalized spacial score (nSPS) is 18.8. The largest absolute Gasteiger partial charge is 0.363 e. The van der Waals surface area contributed by atoms with Gasteiger partial charge in [-0.25, -0.2) is 9.19 Å². The van der Waals surface area contributed by atoms with Gasteiger partial charge in [0.2, 0.25) is 5.28 Å². The van der Waals surface area contributed by atoms with E-state index in [1.807, 2.05) is 0 Å². The Morgan fingerprint density at radius 1 is 1.59 bits per heavy atom. The molecule has 0 saturated carbocycles. The molecule has 0 amide bonds. The molecule has 1 fully saturated rings. The van der Waals surface area contributed by atoms with E-state index in [0.29, 0.717) is 23.9 Å². The Balaban J connectivity index is 1.87. The second-order valence-electron chi connectivity index (χ2n) is 3.50. The van der Waals surface area contributed by atoms with E-state index >= 15 is 0 Å². The summed E-state index contributed by atoms with van der Waals surface area (Å²) in [4.78, 5) is 7.72. The smallest absolute Gasteiger partial charge is 0.224 e. The summed E-state index contributed by atoms with van der Waals surface area (Å²) in [5.74, 6) is 0.494. The van der Waals surface area contributed by atoms with Crippen molar-refractivity contribution in [3.05, 3.63) is 16.5 Å². The quantitative estimate of drug-likeness (QED) is 0.840. The Kier molecular flexibility index (Phi) is 4.16. The van der Waals surface area contributed by atoms with Gasteiger partial charge in [-0.1, -0.05) is 11.6 Å². The van der Waals surface area contributed by atoms with Crippen LogP contribution in [0.15, 0.2) is 6.20 Å². The maximum atomic E-state index is 10.8.